The molecule has 0 saturated carbocycles. The molecule has 17 heavy (non-hydrogen) atoms. The molecule has 2 aliphatic heterocycles. The van der Waals surface area contributed by atoms with Gasteiger partial charge in [0.1, 0.15) is 0 Å². The second-order valence-corrected chi connectivity index (χ2v) is 5.05. The summed E-state index contributed by atoms with van der Waals surface area (Å²) in [7, 11) is 1.61. The third-order valence-electron chi connectivity index (χ3n) is 3.62. The van der Waals surface area contributed by atoms with Gasteiger partial charge >= 0.3 is 0 Å². The van der Waals surface area contributed by atoms with Crippen LogP contribution in [0.5, 0.6) is 0 Å². The number of amides is 1. The Morgan fingerprint density at radius 2 is 2.00 bits per heavy atom. The lowest BCUT2D eigenvalue weighted by Crippen LogP contribution is -2.39. The van der Waals surface area contributed by atoms with E-state index in [0.717, 1.165) is 12.8 Å². The first kappa shape index (κ1) is 12.8. The maximum atomic E-state index is 11.6. The zero-order chi connectivity index (χ0) is 12.1. The summed E-state index contributed by atoms with van der Waals surface area (Å²) >= 11 is 0. The normalized spacial score (nSPS) is 31.5. The molecule has 2 rings (SSSR count). The van der Waals surface area contributed by atoms with Gasteiger partial charge in [0.2, 0.25) is 5.91 Å². The van der Waals surface area contributed by atoms with Crippen molar-refractivity contribution < 1.29 is 14.4 Å². The molecule has 0 radical (unpaired) electrons. The van der Waals surface area contributed by atoms with Gasteiger partial charge in [-0.1, -0.05) is 0 Å². The molecule has 2 aliphatic rings. The van der Waals surface area contributed by atoms with E-state index in [4.69, 9.17) is 9.57 Å². The van der Waals surface area contributed by atoms with Crippen LogP contribution in [-0.2, 0) is 14.4 Å². The zero-order valence-electron chi connectivity index (χ0n) is 10.4. The van der Waals surface area contributed by atoms with E-state index in [1.54, 1.807) is 7.11 Å². The van der Waals surface area contributed by atoms with E-state index in [2.05, 4.69) is 10.8 Å². The van der Waals surface area contributed by atoms with Gasteiger partial charge in [0.05, 0.1) is 13.2 Å². The fourth-order valence-electron chi connectivity index (χ4n) is 2.90. The van der Waals surface area contributed by atoms with Gasteiger partial charge in [-0.3, -0.25) is 9.63 Å². The van der Waals surface area contributed by atoms with Crippen LogP contribution in [0.25, 0.3) is 0 Å². The average molecular weight is 242 g/mol. The molecular weight excluding hydrogens is 220 g/mol. The standard InChI is InChI=1S/C12H22N2O3/c1-16-4-5-17-14-12(15)8-9-6-10-2-3-11(7-9)13-10/h9-11,13H,2-8H2,1H3,(H,14,15). The highest BCUT2D eigenvalue weighted by atomic mass is 16.7. The molecular formula is C12H22N2O3. The molecule has 2 fully saturated rings. The summed E-state index contributed by atoms with van der Waals surface area (Å²) in [4.78, 5) is 16.6. The fourth-order valence-corrected chi connectivity index (χ4v) is 2.90. The molecule has 0 aliphatic carbocycles. The van der Waals surface area contributed by atoms with E-state index in [-0.39, 0.29) is 5.91 Å². The van der Waals surface area contributed by atoms with Crippen molar-refractivity contribution >= 4 is 5.91 Å². The third-order valence-corrected chi connectivity index (χ3v) is 3.62. The van der Waals surface area contributed by atoms with Gasteiger partial charge in [0.25, 0.3) is 0 Å². The molecule has 2 heterocycles. The molecule has 5 heteroatoms. The van der Waals surface area contributed by atoms with Crippen molar-refractivity contribution in [3.8, 4) is 0 Å². The van der Waals surface area contributed by atoms with Crippen LogP contribution in [0.15, 0.2) is 0 Å². The molecule has 2 N–H and O–H groups in total. The minimum Gasteiger partial charge on any atom is -0.382 e. The Kier molecular flexibility index (Phi) is 4.76. The summed E-state index contributed by atoms with van der Waals surface area (Å²) in [5, 5.41) is 3.57. The smallest absolute Gasteiger partial charge is 0.243 e. The molecule has 0 spiro atoms. The Labute approximate surface area is 102 Å². The van der Waals surface area contributed by atoms with E-state index < -0.39 is 0 Å². The van der Waals surface area contributed by atoms with Crippen molar-refractivity contribution in [2.24, 2.45) is 5.92 Å². The van der Waals surface area contributed by atoms with Gasteiger partial charge in [0.15, 0.2) is 0 Å². The summed E-state index contributed by atoms with van der Waals surface area (Å²) in [5.41, 5.74) is 2.48. The molecule has 2 unspecified atom stereocenters. The largest absolute Gasteiger partial charge is 0.382 e. The maximum Gasteiger partial charge on any atom is 0.243 e. The summed E-state index contributed by atoms with van der Waals surface area (Å²) < 4.78 is 4.83. The van der Waals surface area contributed by atoms with Crippen LogP contribution in [-0.4, -0.2) is 38.3 Å². The van der Waals surface area contributed by atoms with Crippen LogP contribution < -0.4 is 10.8 Å². The maximum absolute atomic E-state index is 11.6. The molecule has 2 atom stereocenters. The van der Waals surface area contributed by atoms with E-state index in [1.165, 1.54) is 12.8 Å². The number of fused-ring (bicyclic) bond motifs is 2. The first-order chi connectivity index (χ1) is 8.28. The van der Waals surface area contributed by atoms with Crippen LogP contribution >= 0.6 is 0 Å². The number of carbonyl (C=O) groups excluding carboxylic acids is 1. The van der Waals surface area contributed by atoms with Crippen LogP contribution in [0.4, 0.5) is 0 Å². The van der Waals surface area contributed by atoms with Crippen LogP contribution in [0.2, 0.25) is 0 Å². The number of nitrogens with one attached hydrogen (secondary N) is 2. The first-order valence-electron chi connectivity index (χ1n) is 6.43. The molecule has 0 aromatic heterocycles. The Morgan fingerprint density at radius 1 is 1.29 bits per heavy atom. The Hall–Kier alpha value is -0.650. The van der Waals surface area contributed by atoms with Gasteiger partial charge in [-0.25, -0.2) is 5.48 Å². The Bertz CT molecular complexity index is 248. The second kappa shape index (κ2) is 6.33. The predicted molar refractivity (Wildman–Crippen MR) is 63.3 cm³/mol. The van der Waals surface area contributed by atoms with Crippen molar-refractivity contribution in [2.75, 3.05) is 20.3 Å². The quantitative estimate of drug-likeness (QED) is 0.529. The van der Waals surface area contributed by atoms with Gasteiger partial charge in [-0.2, -0.15) is 0 Å². The lowest BCUT2D eigenvalue weighted by atomic mass is 9.89. The third kappa shape index (κ3) is 3.94. The van der Waals surface area contributed by atoms with Gasteiger partial charge in [0, 0.05) is 25.6 Å². The minimum absolute atomic E-state index is 0.00703. The summed E-state index contributed by atoms with van der Waals surface area (Å²) in [6.07, 6.45) is 5.38. The topological polar surface area (TPSA) is 59.6 Å². The van der Waals surface area contributed by atoms with Gasteiger partial charge in [-0.15, -0.1) is 0 Å². The van der Waals surface area contributed by atoms with Crippen LogP contribution in [0.3, 0.4) is 0 Å². The first-order valence-corrected chi connectivity index (χ1v) is 6.43. The summed E-state index contributed by atoms with van der Waals surface area (Å²) in [6.45, 7) is 0.900. The number of ether oxygens (including phenoxy) is 1. The highest BCUT2D eigenvalue weighted by Gasteiger charge is 2.34. The number of hydrogen-bond acceptors (Lipinski definition) is 4. The predicted octanol–water partition coefficient (Wildman–Crippen LogP) is 0.601. The second-order valence-electron chi connectivity index (χ2n) is 5.05. The van der Waals surface area contributed by atoms with Gasteiger partial charge < -0.3 is 10.1 Å². The lowest BCUT2D eigenvalue weighted by molar-refractivity contribution is -0.135. The highest BCUT2D eigenvalue weighted by Crippen LogP contribution is 2.32. The van der Waals surface area contributed by atoms with Crippen molar-refractivity contribution in [1.29, 1.82) is 0 Å². The number of methoxy groups -OCH3 is 1. The Morgan fingerprint density at radius 3 is 2.65 bits per heavy atom. The molecule has 0 aromatic carbocycles. The molecule has 0 aromatic rings. The van der Waals surface area contributed by atoms with Crippen molar-refractivity contribution in [2.45, 2.75) is 44.2 Å². The minimum atomic E-state index is -0.00703. The van der Waals surface area contributed by atoms with E-state index in [0.29, 0.717) is 37.6 Å². The fraction of sp³-hybridized carbons (Fsp3) is 0.917. The SMILES string of the molecule is COCCONC(=O)CC1CC2CCC(C1)N2. The van der Waals surface area contributed by atoms with Crippen molar-refractivity contribution in [3.63, 3.8) is 0 Å². The average Bonchev–Trinajstić information content (AvgIpc) is 2.64. The Balaban J connectivity index is 1.61. The molecule has 98 valence electrons. The highest BCUT2D eigenvalue weighted by molar-refractivity contribution is 5.75. The zero-order valence-corrected chi connectivity index (χ0v) is 10.4. The number of hydrogen-bond donors (Lipinski definition) is 2. The number of carbonyl (C=O) groups is 1. The van der Waals surface area contributed by atoms with Crippen LogP contribution in [0.1, 0.15) is 32.1 Å². The van der Waals surface area contributed by atoms with Crippen LogP contribution in [0, 0.1) is 5.92 Å². The molecule has 1 amide bonds. The lowest BCUT2D eigenvalue weighted by Gasteiger charge is -2.28. The van der Waals surface area contributed by atoms with Crippen molar-refractivity contribution in [1.82, 2.24) is 10.8 Å². The number of hydroxylamine groups is 1. The van der Waals surface area contributed by atoms with E-state index in [9.17, 15) is 4.79 Å². The van der Waals surface area contributed by atoms with Crippen molar-refractivity contribution in [3.05, 3.63) is 0 Å². The number of rotatable bonds is 6. The molecule has 5 nitrogen and oxygen atoms in total. The van der Waals surface area contributed by atoms with E-state index >= 15 is 0 Å². The monoisotopic (exact) mass is 242 g/mol. The summed E-state index contributed by atoms with van der Waals surface area (Å²) in [5.74, 6) is 0.507. The molecule has 2 bridgehead atoms. The number of piperidine rings is 1. The van der Waals surface area contributed by atoms with Gasteiger partial charge in [-0.05, 0) is 31.6 Å². The van der Waals surface area contributed by atoms with E-state index in [1.807, 2.05) is 0 Å². The summed E-state index contributed by atoms with van der Waals surface area (Å²) in [6, 6.07) is 1.28. The molecule has 2 saturated heterocycles.